The number of benzene rings is 1. The highest BCUT2D eigenvalue weighted by Gasteiger charge is 2.23. The first kappa shape index (κ1) is 15.0. The van der Waals surface area contributed by atoms with Crippen LogP contribution in [0.3, 0.4) is 0 Å². The molecule has 0 aliphatic carbocycles. The Labute approximate surface area is 122 Å². The van der Waals surface area contributed by atoms with Crippen molar-refractivity contribution in [2.75, 3.05) is 19.6 Å². The van der Waals surface area contributed by atoms with Gasteiger partial charge >= 0.3 is 0 Å². The quantitative estimate of drug-likeness (QED) is 0.895. The molecular weight excluding hydrogens is 246 g/mol. The number of piperidine rings is 1. The molecule has 0 saturated carbocycles. The third kappa shape index (κ3) is 4.63. The van der Waals surface area contributed by atoms with Gasteiger partial charge < -0.3 is 5.32 Å². The van der Waals surface area contributed by atoms with Crippen LogP contribution in [-0.4, -0.2) is 30.6 Å². The fourth-order valence-corrected chi connectivity index (χ4v) is 2.65. The number of nitriles is 1. The van der Waals surface area contributed by atoms with E-state index in [1.165, 1.54) is 24.9 Å². The van der Waals surface area contributed by atoms with Crippen molar-refractivity contribution < 1.29 is 0 Å². The van der Waals surface area contributed by atoms with Crippen LogP contribution in [0.1, 0.15) is 32.3 Å². The van der Waals surface area contributed by atoms with Gasteiger partial charge in [0.05, 0.1) is 11.5 Å². The number of likely N-dealkylation sites (tertiary alicyclic amines) is 1. The van der Waals surface area contributed by atoms with Gasteiger partial charge in [0.2, 0.25) is 0 Å². The SMILES string of the molecule is CC(C)(C#N)CNC1CCCN(Cc2ccccc2)C1. The summed E-state index contributed by atoms with van der Waals surface area (Å²) in [5, 5.41) is 12.6. The van der Waals surface area contributed by atoms with Gasteiger partial charge in [-0.2, -0.15) is 5.26 Å². The summed E-state index contributed by atoms with van der Waals surface area (Å²) in [7, 11) is 0. The van der Waals surface area contributed by atoms with E-state index in [-0.39, 0.29) is 5.41 Å². The summed E-state index contributed by atoms with van der Waals surface area (Å²) in [4.78, 5) is 2.51. The van der Waals surface area contributed by atoms with Crippen LogP contribution in [-0.2, 0) is 6.54 Å². The topological polar surface area (TPSA) is 39.1 Å². The van der Waals surface area contributed by atoms with Gasteiger partial charge in [0.1, 0.15) is 0 Å². The minimum absolute atomic E-state index is 0.276. The highest BCUT2D eigenvalue weighted by Crippen LogP contribution is 2.16. The van der Waals surface area contributed by atoms with Crippen LogP contribution in [0.5, 0.6) is 0 Å². The second kappa shape index (κ2) is 6.88. The van der Waals surface area contributed by atoms with Crippen molar-refractivity contribution in [1.82, 2.24) is 10.2 Å². The molecule has 108 valence electrons. The molecule has 3 heteroatoms. The van der Waals surface area contributed by atoms with Gasteiger partial charge in [-0.3, -0.25) is 4.90 Å². The molecular formula is C17H25N3. The predicted molar refractivity (Wildman–Crippen MR) is 82.1 cm³/mol. The lowest BCUT2D eigenvalue weighted by molar-refractivity contribution is 0.178. The molecule has 3 nitrogen and oxygen atoms in total. The smallest absolute Gasteiger partial charge is 0.0697 e. The predicted octanol–water partition coefficient (Wildman–Crippen LogP) is 2.79. The summed E-state index contributed by atoms with van der Waals surface area (Å²) in [5.41, 5.74) is 1.10. The number of nitrogens with one attached hydrogen (secondary N) is 1. The van der Waals surface area contributed by atoms with Crippen molar-refractivity contribution in [2.24, 2.45) is 5.41 Å². The van der Waals surface area contributed by atoms with Crippen LogP contribution in [0.2, 0.25) is 0 Å². The highest BCUT2D eigenvalue weighted by atomic mass is 15.2. The second-order valence-corrected chi connectivity index (χ2v) is 6.44. The monoisotopic (exact) mass is 271 g/mol. The maximum Gasteiger partial charge on any atom is 0.0697 e. The zero-order chi connectivity index (χ0) is 14.4. The molecule has 0 spiro atoms. The largest absolute Gasteiger partial charge is 0.311 e. The molecule has 1 aliphatic heterocycles. The fourth-order valence-electron chi connectivity index (χ4n) is 2.65. The molecule has 1 aliphatic rings. The van der Waals surface area contributed by atoms with Gasteiger partial charge in [0, 0.05) is 25.7 Å². The van der Waals surface area contributed by atoms with Crippen LogP contribution >= 0.6 is 0 Å². The zero-order valence-corrected chi connectivity index (χ0v) is 12.6. The number of rotatable bonds is 5. The van der Waals surface area contributed by atoms with E-state index in [2.05, 4.69) is 46.6 Å². The summed E-state index contributed by atoms with van der Waals surface area (Å²) in [5.74, 6) is 0. The molecule has 1 heterocycles. The third-order valence-corrected chi connectivity index (χ3v) is 3.89. The van der Waals surface area contributed by atoms with Gasteiger partial charge in [-0.25, -0.2) is 0 Å². The molecule has 0 aromatic heterocycles. The zero-order valence-electron chi connectivity index (χ0n) is 12.6. The summed E-state index contributed by atoms with van der Waals surface area (Å²) in [6, 6.07) is 13.5. The first-order chi connectivity index (χ1) is 9.59. The Morgan fingerprint density at radius 2 is 2.10 bits per heavy atom. The Morgan fingerprint density at radius 1 is 1.35 bits per heavy atom. The fraction of sp³-hybridized carbons (Fsp3) is 0.588. The Hall–Kier alpha value is -1.37. The Kier molecular flexibility index (Phi) is 5.17. The van der Waals surface area contributed by atoms with Crippen LogP contribution in [0, 0.1) is 16.7 Å². The molecule has 0 radical (unpaired) electrons. The van der Waals surface area contributed by atoms with Crippen LogP contribution in [0.4, 0.5) is 0 Å². The molecule has 0 bridgehead atoms. The molecule has 20 heavy (non-hydrogen) atoms. The molecule has 1 fully saturated rings. The van der Waals surface area contributed by atoms with E-state index in [4.69, 9.17) is 5.26 Å². The summed E-state index contributed by atoms with van der Waals surface area (Å²) < 4.78 is 0. The number of hydrogen-bond acceptors (Lipinski definition) is 3. The van der Waals surface area contributed by atoms with E-state index in [0.29, 0.717) is 6.04 Å². The molecule has 1 aromatic rings. The van der Waals surface area contributed by atoms with E-state index < -0.39 is 0 Å². The number of nitrogens with zero attached hydrogens (tertiary/aromatic N) is 2. The maximum absolute atomic E-state index is 9.07. The first-order valence-electron chi connectivity index (χ1n) is 7.50. The van der Waals surface area contributed by atoms with Crippen molar-refractivity contribution in [1.29, 1.82) is 5.26 Å². The first-order valence-corrected chi connectivity index (χ1v) is 7.50. The van der Waals surface area contributed by atoms with Crippen LogP contribution in [0.15, 0.2) is 30.3 Å². The average Bonchev–Trinajstić information content (AvgIpc) is 2.47. The van der Waals surface area contributed by atoms with Gasteiger partial charge in [-0.15, -0.1) is 0 Å². The minimum atomic E-state index is -0.276. The summed E-state index contributed by atoms with van der Waals surface area (Å²) in [6.07, 6.45) is 2.45. The van der Waals surface area contributed by atoms with Gasteiger partial charge in [-0.1, -0.05) is 30.3 Å². The van der Waals surface area contributed by atoms with Gasteiger partial charge in [0.25, 0.3) is 0 Å². The molecule has 1 saturated heterocycles. The van der Waals surface area contributed by atoms with E-state index in [1.807, 2.05) is 13.8 Å². The summed E-state index contributed by atoms with van der Waals surface area (Å²) in [6.45, 7) is 8.04. The van der Waals surface area contributed by atoms with Crippen molar-refractivity contribution >= 4 is 0 Å². The Bertz CT molecular complexity index is 447. The standard InChI is InChI=1S/C17H25N3/c1-17(2,13-18)14-19-16-9-6-10-20(12-16)11-15-7-4-3-5-8-15/h3-5,7-8,16,19H,6,9-12,14H2,1-2H3. The average molecular weight is 271 g/mol. The molecule has 1 unspecified atom stereocenters. The lowest BCUT2D eigenvalue weighted by Crippen LogP contribution is -2.47. The van der Waals surface area contributed by atoms with E-state index in [1.54, 1.807) is 0 Å². The van der Waals surface area contributed by atoms with Crippen molar-refractivity contribution in [2.45, 2.75) is 39.3 Å². The molecule has 1 atom stereocenters. The van der Waals surface area contributed by atoms with Gasteiger partial charge in [-0.05, 0) is 38.8 Å². The second-order valence-electron chi connectivity index (χ2n) is 6.44. The molecule has 1 aromatic carbocycles. The van der Waals surface area contributed by atoms with Crippen molar-refractivity contribution in [3.63, 3.8) is 0 Å². The summed E-state index contributed by atoms with van der Waals surface area (Å²) >= 11 is 0. The third-order valence-electron chi connectivity index (χ3n) is 3.89. The van der Waals surface area contributed by atoms with E-state index >= 15 is 0 Å². The molecule has 2 rings (SSSR count). The van der Waals surface area contributed by atoms with Crippen LogP contribution < -0.4 is 5.32 Å². The van der Waals surface area contributed by atoms with Crippen molar-refractivity contribution in [3.05, 3.63) is 35.9 Å². The van der Waals surface area contributed by atoms with E-state index in [9.17, 15) is 0 Å². The highest BCUT2D eigenvalue weighted by molar-refractivity contribution is 5.14. The van der Waals surface area contributed by atoms with Crippen molar-refractivity contribution in [3.8, 4) is 6.07 Å². The lowest BCUT2D eigenvalue weighted by atomic mass is 9.94. The molecule has 1 N–H and O–H groups in total. The van der Waals surface area contributed by atoms with Crippen LogP contribution in [0.25, 0.3) is 0 Å². The Balaban J connectivity index is 1.82. The Morgan fingerprint density at radius 3 is 2.80 bits per heavy atom. The van der Waals surface area contributed by atoms with Gasteiger partial charge in [0.15, 0.2) is 0 Å². The normalized spacial score (nSPS) is 20.6. The number of hydrogen-bond donors (Lipinski definition) is 1. The lowest BCUT2D eigenvalue weighted by Gasteiger charge is -2.34. The van der Waals surface area contributed by atoms with E-state index in [0.717, 1.165) is 19.6 Å². The molecule has 0 amide bonds. The maximum atomic E-state index is 9.07. The minimum Gasteiger partial charge on any atom is -0.311 e.